The zero-order chi connectivity index (χ0) is 16.3. The van der Waals surface area contributed by atoms with Gasteiger partial charge in [0, 0.05) is 18.5 Å². The summed E-state index contributed by atoms with van der Waals surface area (Å²) in [6.07, 6.45) is 3.85. The van der Waals surface area contributed by atoms with E-state index < -0.39 is 10.1 Å². The van der Waals surface area contributed by atoms with E-state index in [-0.39, 0.29) is 23.6 Å². The molecule has 0 spiro atoms. The van der Waals surface area contributed by atoms with Crippen LogP contribution in [0.4, 0.5) is 0 Å². The third-order valence-corrected chi connectivity index (χ3v) is 4.33. The Morgan fingerprint density at radius 2 is 2.09 bits per heavy atom. The van der Waals surface area contributed by atoms with Crippen LogP contribution in [0.15, 0.2) is 24.3 Å². The molecule has 1 aromatic carbocycles. The molecule has 0 aliphatic heterocycles. The average molecular weight is 325 g/mol. The highest BCUT2D eigenvalue weighted by atomic mass is 32.2. The molecule has 1 amide bonds. The van der Waals surface area contributed by atoms with E-state index in [4.69, 9.17) is 4.18 Å². The van der Waals surface area contributed by atoms with Gasteiger partial charge >= 0.3 is 10.1 Å². The van der Waals surface area contributed by atoms with Gasteiger partial charge in [-0.2, -0.15) is 8.42 Å². The number of carbonyl (C=O) groups is 1. The predicted molar refractivity (Wildman–Crippen MR) is 84.9 cm³/mol. The van der Waals surface area contributed by atoms with Crippen molar-refractivity contribution in [3.8, 4) is 5.75 Å². The van der Waals surface area contributed by atoms with Crippen LogP contribution in [0.5, 0.6) is 5.75 Å². The Morgan fingerprint density at radius 1 is 1.41 bits per heavy atom. The minimum absolute atomic E-state index is 0.160. The highest BCUT2D eigenvalue weighted by Crippen LogP contribution is 2.32. The smallest absolute Gasteiger partial charge is 0.306 e. The summed E-state index contributed by atoms with van der Waals surface area (Å²) in [6.45, 7) is 4.57. The Morgan fingerprint density at radius 3 is 2.64 bits per heavy atom. The molecule has 22 heavy (non-hydrogen) atoms. The molecule has 1 aliphatic carbocycles. The fraction of sp³-hybridized carbons (Fsp3) is 0.562. The zero-order valence-electron chi connectivity index (χ0n) is 13.3. The summed E-state index contributed by atoms with van der Waals surface area (Å²) in [5.74, 6) is 0.649. The van der Waals surface area contributed by atoms with Crippen LogP contribution in [0.25, 0.3) is 0 Å². The van der Waals surface area contributed by atoms with Gasteiger partial charge in [0.1, 0.15) is 5.75 Å². The van der Waals surface area contributed by atoms with E-state index in [1.807, 2.05) is 17.9 Å². The van der Waals surface area contributed by atoms with Gasteiger partial charge in [-0.25, -0.2) is 0 Å². The third-order valence-electron chi connectivity index (χ3n) is 3.83. The maximum atomic E-state index is 12.4. The summed E-state index contributed by atoms with van der Waals surface area (Å²) in [6, 6.07) is 7.06. The topological polar surface area (TPSA) is 63.7 Å². The van der Waals surface area contributed by atoms with Crippen LogP contribution >= 0.6 is 0 Å². The molecular weight excluding hydrogens is 302 g/mol. The van der Waals surface area contributed by atoms with Crippen molar-refractivity contribution in [2.24, 2.45) is 5.92 Å². The second kappa shape index (κ2) is 6.69. The molecule has 122 valence electrons. The van der Waals surface area contributed by atoms with Crippen molar-refractivity contribution in [2.45, 2.75) is 45.7 Å². The Kier molecular flexibility index (Phi) is 5.11. The molecular formula is C16H23NO4S. The van der Waals surface area contributed by atoms with Gasteiger partial charge in [-0.1, -0.05) is 19.1 Å². The number of rotatable bonds is 7. The van der Waals surface area contributed by atoms with Crippen LogP contribution in [0.3, 0.4) is 0 Å². The Bertz CT molecular complexity index is 637. The van der Waals surface area contributed by atoms with Crippen LogP contribution < -0.4 is 4.18 Å². The Labute approximate surface area is 132 Å². The van der Waals surface area contributed by atoms with Crippen molar-refractivity contribution in [1.82, 2.24) is 4.90 Å². The lowest BCUT2D eigenvalue weighted by Crippen LogP contribution is -2.38. The molecule has 1 atom stereocenters. The maximum Gasteiger partial charge on any atom is 0.306 e. The predicted octanol–water partition coefficient (Wildman–Crippen LogP) is 2.56. The fourth-order valence-corrected chi connectivity index (χ4v) is 2.76. The molecule has 1 fully saturated rings. The lowest BCUT2D eigenvalue weighted by atomic mass is 10.1. The molecule has 1 saturated carbocycles. The van der Waals surface area contributed by atoms with Gasteiger partial charge in [0.05, 0.1) is 6.26 Å². The molecule has 0 saturated heterocycles. The van der Waals surface area contributed by atoms with Gasteiger partial charge in [0.15, 0.2) is 0 Å². The number of nitrogens with zero attached hydrogens (tertiary/aromatic N) is 1. The maximum absolute atomic E-state index is 12.4. The zero-order valence-corrected chi connectivity index (χ0v) is 14.1. The first-order valence-corrected chi connectivity index (χ1v) is 9.40. The van der Waals surface area contributed by atoms with Gasteiger partial charge in [-0.15, -0.1) is 0 Å². The fourth-order valence-electron chi connectivity index (χ4n) is 2.30. The van der Waals surface area contributed by atoms with E-state index in [2.05, 4.69) is 6.92 Å². The first-order chi connectivity index (χ1) is 10.3. The summed E-state index contributed by atoms with van der Waals surface area (Å²) in [5.41, 5.74) is 0.871. The summed E-state index contributed by atoms with van der Waals surface area (Å²) in [7, 11) is -3.54. The van der Waals surface area contributed by atoms with Crippen LogP contribution in [0, 0.1) is 5.92 Å². The van der Waals surface area contributed by atoms with Crippen molar-refractivity contribution in [2.75, 3.05) is 6.26 Å². The molecule has 1 aliphatic rings. The minimum Gasteiger partial charge on any atom is -0.383 e. The lowest BCUT2D eigenvalue weighted by Gasteiger charge is -2.29. The van der Waals surface area contributed by atoms with E-state index in [0.717, 1.165) is 31.1 Å². The summed E-state index contributed by atoms with van der Waals surface area (Å²) >= 11 is 0. The second-order valence-corrected chi connectivity index (χ2v) is 7.51. The first-order valence-electron chi connectivity index (χ1n) is 7.59. The van der Waals surface area contributed by atoms with Gasteiger partial charge in [-0.05, 0) is 43.9 Å². The Hall–Kier alpha value is -1.56. The van der Waals surface area contributed by atoms with Crippen molar-refractivity contribution < 1.29 is 17.4 Å². The third kappa shape index (κ3) is 4.73. The minimum atomic E-state index is -3.54. The van der Waals surface area contributed by atoms with E-state index in [1.165, 1.54) is 0 Å². The summed E-state index contributed by atoms with van der Waals surface area (Å²) in [5, 5.41) is 0. The van der Waals surface area contributed by atoms with Gasteiger partial charge in [0.25, 0.3) is 0 Å². The molecule has 5 nitrogen and oxygen atoms in total. The highest BCUT2D eigenvalue weighted by molar-refractivity contribution is 7.86. The van der Waals surface area contributed by atoms with Crippen LogP contribution in [0.2, 0.25) is 0 Å². The van der Waals surface area contributed by atoms with E-state index in [9.17, 15) is 13.2 Å². The van der Waals surface area contributed by atoms with E-state index >= 15 is 0 Å². The molecule has 0 heterocycles. The first kappa shape index (κ1) is 16.8. The van der Waals surface area contributed by atoms with E-state index in [0.29, 0.717) is 6.54 Å². The largest absolute Gasteiger partial charge is 0.383 e. The number of hydrogen-bond donors (Lipinski definition) is 0. The number of carbonyl (C=O) groups excluding carboxylic acids is 1. The van der Waals surface area contributed by atoms with E-state index in [1.54, 1.807) is 18.2 Å². The summed E-state index contributed by atoms with van der Waals surface area (Å²) < 4.78 is 27.3. The summed E-state index contributed by atoms with van der Waals surface area (Å²) in [4.78, 5) is 14.3. The Balaban J connectivity index is 2.15. The highest BCUT2D eigenvalue weighted by Gasteiger charge is 2.34. The second-order valence-electron chi connectivity index (χ2n) is 5.93. The van der Waals surface area contributed by atoms with Crippen LogP contribution in [0.1, 0.15) is 38.7 Å². The van der Waals surface area contributed by atoms with Crippen molar-refractivity contribution in [3.63, 3.8) is 0 Å². The number of amides is 1. The molecule has 0 N–H and O–H groups in total. The molecule has 2 rings (SSSR count). The molecule has 0 aromatic heterocycles. The van der Waals surface area contributed by atoms with Crippen molar-refractivity contribution in [3.05, 3.63) is 29.8 Å². The molecule has 0 radical (unpaired) electrons. The van der Waals surface area contributed by atoms with Gasteiger partial charge in [-0.3, -0.25) is 4.79 Å². The monoisotopic (exact) mass is 325 g/mol. The van der Waals surface area contributed by atoms with Crippen LogP contribution in [-0.2, 0) is 21.5 Å². The average Bonchev–Trinajstić information content (AvgIpc) is 3.26. The quantitative estimate of drug-likeness (QED) is 0.723. The number of benzene rings is 1. The van der Waals surface area contributed by atoms with Crippen molar-refractivity contribution >= 4 is 16.0 Å². The van der Waals surface area contributed by atoms with Gasteiger partial charge < -0.3 is 9.08 Å². The molecule has 1 aromatic rings. The lowest BCUT2D eigenvalue weighted by molar-refractivity contribution is -0.135. The standard InChI is InChI=1S/C16H23NO4S/c1-4-12(2)17(16(18)14-8-9-14)11-13-6-5-7-15(10-13)21-22(3,19)20/h5-7,10,12,14H,4,8-9,11H2,1-3H3/t12-/m0/s1. The SMILES string of the molecule is CC[C@H](C)N(Cc1cccc(OS(C)(=O)=O)c1)C(=O)C1CC1. The molecule has 0 bridgehead atoms. The number of hydrogen-bond acceptors (Lipinski definition) is 4. The van der Waals surface area contributed by atoms with Gasteiger partial charge in [0.2, 0.25) is 5.91 Å². The van der Waals surface area contributed by atoms with Crippen molar-refractivity contribution in [1.29, 1.82) is 0 Å². The van der Waals surface area contributed by atoms with Crippen LogP contribution in [-0.4, -0.2) is 31.5 Å². The normalized spacial score (nSPS) is 16.1. The molecule has 6 heteroatoms. The molecule has 0 unspecified atom stereocenters.